The molecule has 0 unspecified atom stereocenters. The van der Waals surface area contributed by atoms with E-state index in [1.807, 2.05) is 0 Å². The molecular weight excluding hydrogens is 228 g/mol. The van der Waals surface area contributed by atoms with E-state index in [0.717, 1.165) is 0 Å². The first-order chi connectivity index (χ1) is 8.08. The SMILES string of the molecule is O=C(O)c1cc(-c2cccc([N+](=O)[O-])c2)no1. The maximum Gasteiger partial charge on any atom is 0.374 e. The lowest BCUT2D eigenvalue weighted by atomic mass is 10.1. The number of carbonyl (C=O) groups is 1. The minimum atomic E-state index is -1.24. The Bertz CT molecular complexity index is 590. The van der Waals surface area contributed by atoms with Crippen LogP contribution in [0.15, 0.2) is 34.9 Å². The van der Waals surface area contributed by atoms with Gasteiger partial charge >= 0.3 is 5.97 Å². The molecule has 0 aliphatic carbocycles. The lowest BCUT2D eigenvalue weighted by Gasteiger charge is -1.94. The summed E-state index contributed by atoms with van der Waals surface area (Å²) >= 11 is 0. The highest BCUT2D eigenvalue weighted by Crippen LogP contribution is 2.23. The number of hydrogen-bond acceptors (Lipinski definition) is 5. The smallest absolute Gasteiger partial charge is 0.374 e. The van der Waals surface area contributed by atoms with Crippen molar-refractivity contribution in [3.63, 3.8) is 0 Å². The summed E-state index contributed by atoms with van der Waals surface area (Å²) in [7, 11) is 0. The van der Waals surface area contributed by atoms with Crippen molar-refractivity contribution < 1.29 is 19.3 Å². The van der Waals surface area contributed by atoms with Gasteiger partial charge in [0.1, 0.15) is 5.69 Å². The van der Waals surface area contributed by atoms with Gasteiger partial charge in [0.05, 0.1) is 4.92 Å². The Morgan fingerprint density at radius 2 is 2.18 bits per heavy atom. The Kier molecular flexibility index (Phi) is 2.57. The van der Waals surface area contributed by atoms with Gasteiger partial charge in [-0.1, -0.05) is 17.3 Å². The molecule has 1 aromatic heterocycles. The van der Waals surface area contributed by atoms with Crippen LogP contribution in [0.4, 0.5) is 5.69 Å². The van der Waals surface area contributed by atoms with E-state index in [2.05, 4.69) is 9.68 Å². The van der Waals surface area contributed by atoms with Gasteiger partial charge in [-0.2, -0.15) is 0 Å². The van der Waals surface area contributed by atoms with Gasteiger partial charge < -0.3 is 9.63 Å². The van der Waals surface area contributed by atoms with Gasteiger partial charge in [0.15, 0.2) is 0 Å². The fraction of sp³-hybridized carbons (Fsp3) is 0. The van der Waals surface area contributed by atoms with E-state index in [4.69, 9.17) is 5.11 Å². The molecule has 1 aromatic carbocycles. The summed E-state index contributed by atoms with van der Waals surface area (Å²) < 4.78 is 4.56. The van der Waals surface area contributed by atoms with E-state index < -0.39 is 10.9 Å². The molecule has 0 saturated heterocycles. The van der Waals surface area contributed by atoms with E-state index in [0.29, 0.717) is 5.56 Å². The highest BCUT2D eigenvalue weighted by Gasteiger charge is 2.14. The Labute approximate surface area is 94.4 Å². The Morgan fingerprint density at radius 1 is 1.41 bits per heavy atom. The molecule has 1 N–H and O–H groups in total. The molecule has 7 nitrogen and oxygen atoms in total. The topological polar surface area (TPSA) is 106 Å². The number of carboxylic acid groups (broad SMARTS) is 1. The monoisotopic (exact) mass is 234 g/mol. The largest absolute Gasteiger partial charge is 0.475 e. The van der Waals surface area contributed by atoms with Crippen molar-refractivity contribution in [2.75, 3.05) is 0 Å². The van der Waals surface area contributed by atoms with Crippen LogP contribution in [0.5, 0.6) is 0 Å². The number of aromatic carboxylic acids is 1. The molecule has 0 radical (unpaired) electrons. The van der Waals surface area contributed by atoms with Crippen LogP contribution < -0.4 is 0 Å². The van der Waals surface area contributed by atoms with Gasteiger partial charge in [0, 0.05) is 23.8 Å². The summed E-state index contributed by atoms with van der Waals surface area (Å²) in [6.07, 6.45) is 0. The highest BCUT2D eigenvalue weighted by atomic mass is 16.6. The molecule has 17 heavy (non-hydrogen) atoms. The van der Waals surface area contributed by atoms with E-state index in [9.17, 15) is 14.9 Å². The van der Waals surface area contributed by atoms with Gasteiger partial charge in [-0.15, -0.1) is 0 Å². The summed E-state index contributed by atoms with van der Waals surface area (Å²) in [4.78, 5) is 20.6. The molecule has 7 heteroatoms. The van der Waals surface area contributed by atoms with Crippen molar-refractivity contribution in [3.8, 4) is 11.3 Å². The molecule has 0 aliphatic heterocycles. The fourth-order valence-electron chi connectivity index (χ4n) is 1.29. The predicted molar refractivity (Wildman–Crippen MR) is 55.6 cm³/mol. The number of rotatable bonds is 3. The van der Waals surface area contributed by atoms with Crippen molar-refractivity contribution in [1.82, 2.24) is 5.16 Å². The molecular formula is C10H6N2O5. The number of benzene rings is 1. The molecule has 0 atom stereocenters. The van der Waals surface area contributed by atoms with Crippen molar-refractivity contribution in [1.29, 1.82) is 0 Å². The van der Waals surface area contributed by atoms with Crippen LogP contribution in [-0.4, -0.2) is 21.2 Å². The van der Waals surface area contributed by atoms with Gasteiger partial charge in [0.25, 0.3) is 5.69 Å². The van der Waals surface area contributed by atoms with Crippen LogP contribution in [-0.2, 0) is 0 Å². The number of aromatic nitrogens is 1. The Hall–Kier alpha value is -2.70. The number of nitrogens with zero attached hydrogens (tertiary/aromatic N) is 2. The average Bonchev–Trinajstić information content (AvgIpc) is 2.78. The molecule has 0 bridgehead atoms. The Balaban J connectivity index is 2.42. The van der Waals surface area contributed by atoms with Crippen LogP contribution in [0.2, 0.25) is 0 Å². The van der Waals surface area contributed by atoms with Crippen molar-refractivity contribution >= 4 is 11.7 Å². The molecule has 2 rings (SSSR count). The molecule has 0 amide bonds. The number of nitro benzene ring substituents is 1. The zero-order valence-electron chi connectivity index (χ0n) is 8.36. The third kappa shape index (κ3) is 2.12. The van der Waals surface area contributed by atoms with Crippen LogP contribution in [0, 0.1) is 10.1 Å². The zero-order chi connectivity index (χ0) is 12.4. The maximum atomic E-state index is 10.6. The van der Waals surface area contributed by atoms with Crippen LogP contribution in [0.1, 0.15) is 10.6 Å². The van der Waals surface area contributed by atoms with Gasteiger partial charge in [-0.05, 0) is 0 Å². The second-order valence-electron chi connectivity index (χ2n) is 3.19. The average molecular weight is 234 g/mol. The first kappa shape index (κ1) is 10.8. The van der Waals surface area contributed by atoms with E-state index in [-0.39, 0.29) is 17.1 Å². The van der Waals surface area contributed by atoms with Gasteiger partial charge in [-0.3, -0.25) is 10.1 Å². The molecule has 1 heterocycles. The molecule has 0 spiro atoms. The fourth-order valence-corrected chi connectivity index (χ4v) is 1.29. The molecule has 86 valence electrons. The van der Waals surface area contributed by atoms with E-state index in [1.54, 1.807) is 6.07 Å². The summed E-state index contributed by atoms with van der Waals surface area (Å²) in [6, 6.07) is 6.91. The second-order valence-corrected chi connectivity index (χ2v) is 3.19. The summed E-state index contributed by atoms with van der Waals surface area (Å²) in [5.74, 6) is -1.55. The Morgan fingerprint density at radius 3 is 2.76 bits per heavy atom. The number of hydrogen-bond donors (Lipinski definition) is 1. The minimum absolute atomic E-state index is 0.0950. The van der Waals surface area contributed by atoms with E-state index in [1.165, 1.54) is 24.3 Å². The summed E-state index contributed by atoms with van der Waals surface area (Å²) in [6.45, 7) is 0. The quantitative estimate of drug-likeness (QED) is 0.642. The van der Waals surface area contributed by atoms with Gasteiger partial charge in [-0.25, -0.2) is 4.79 Å². The molecule has 0 aliphatic rings. The molecule has 0 saturated carbocycles. The number of non-ortho nitro benzene ring substituents is 1. The predicted octanol–water partition coefficient (Wildman–Crippen LogP) is 1.95. The number of carboxylic acids is 1. The first-order valence-electron chi connectivity index (χ1n) is 4.53. The lowest BCUT2D eigenvalue weighted by Crippen LogP contribution is -1.91. The van der Waals surface area contributed by atoms with E-state index >= 15 is 0 Å². The van der Waals surface area contributed by atoms with Crippen LogP contribution >= 0.6 is 0 Å². The van der Waals surface area contributed by atoms with Crippen molar-refractivity contribution in [3.05, 3.63) is 46.2 Å². The summed E-state index contributed by atoms with van der Waals surface area (Å²) in [5.41, 5.74) is 0.573. The minimum Gasteiger partial charge on any atom is -0.475 e. The second kappa shape index (κ2) is 4.05. The number of nitro groups is 1. The van der Waals surface area contributed by atoms with Crippen molar-refractivity contribution in [2.24, 2.45) is 0 Å². The lowest BCUT2D eigenvalue weighted by molar-refractivity contribution is -0.384. The normalized spacial score (nSPS) is 10.1. The third-order valence-electron chi connectivity index (χ3n) is 2.07. The zero-order valence-corrected chi connectivity index (χ0v) is 8.36. The highest BCUT2D eigenvalue weighted by molar-refractivity contribution is 5.85. The standard InChI is InChI=1S/C10H6N2O5/c13-10(14)9-5-8(11-17-9)6-2-1-3-7(4-6)12(15)16/h1-5H,(H,13,14). The third-order valence-corrected chi connectivity index (χ3v) is 2.07. The van der Waals surface area contributed by atoms with Crippen LogP contribution in [0.3, 0.4) is 0 Å². The maximum absolute atomic E-state index is 10.6. The van der Waals surface area contributed by atoms with Crippen molar-refractivity contribution in [2.45, 2.75) is 0 Å². The molecule has 0 fully saturated rings. The summed E-state index contributed by atoms with van der Waals surface area (Å²) in [5, 5.41) is 22.7. The first-order valence-corrected chi connectivity index (χ1v) is 4.53. The van der Waals surface area contributed by atoms with Crippen LogP contribution in [0.25, 0.3) is 11.3 Å². The van der Waals surface area contributed by atoms with Gasteiger partial charge in [0.2, 0.25) is 5.76 Å². The molecule has 2 aromatic rings.